The molecule has 3 rings (SSSR count). The lowest BCUT2D eigenvalue weighted by atomic mass is 9.85. The molecular weight excluding hydrogens is 298 g/mol. The lowest BCUT2D eigenvalue weighted by Crippen LogP contribution is -2.12. The van der Waals surface area contributed by atoms with Gasteiger partial charge in [0.05, 0.1) is 4.90 Å². The van der Waals surface area contributed by atoms with Crippen molar-refractivity contribution < 1.29 is 13.2 Å². The molecule has 0 unspecified atom stereocenters. The molecule has 0 bridgehead atoms. The Bertz CT molecular complexity index is 865. The van der Waals surface area contributed by atoms with E-state index in [1.165, 1.54) is 12.1 Å². The molecule has 0 amide bonds. The Labute approximate surface area is 129 Å². The Balaban J connectivity index is 2.03. The summed E-state index contributed by atoms with van der Waals surface area (Å²) in [5, 5.41) is 5.08. The minimum absolute atomic E-state index is 0.0602. The molecule has 2 aromatic carbocycles. The zero-order chi connectivity index (χ0) is 15.7. The highest BCUT2D eigenvalue weighted by molar-refractivity contribution is 7.89. The van der Waals surface area contributed by atoms with Gasteiger partial charge in [0.2, 0.25) is 10.0 Å². The molecule has 4 nitrogen and oxygen atoms in total. The molecule has 22 heavy (non-hydrogen) atoms. The van der Waals surface area contributed by atoms with E-state index in [1.807, 2.05) is 24.3 Å². The zero-order valence-electron chi connectivity index (χ0n) is 11.8. The van der Waals surface area contributed by atoms with Crippen LogP contribution in [0.3, 0.4) is 0 Å². The molecule has 0 fully saturated rings. The Morgan fingerprint density at radius 1 is 0.955 bits per heavy atom. The van der Waals surface area contributed by atoms with E-state index in [0.717, 1.165) is 23.1 Å². The third kappa shape index (κ3) is 2.86. The van der Waals surface area contributed by atoms with Crippen molar-refractivity contribution in [3.8, 4) is 0 Å². The smallest absolute Gasteiger partial charge is 0.238 e. The van der Waals surface area contributed by atoms with Gasteiger partial charge in [-0.25, -0.2) is 13.6 Å². The molecule has 1 aliphatic rings. The largest absolute Gasteiger partial charge is 0.294 e. The molecular formula is C17H15NO3S. The number of hydrogen-bond acceptors (Lipinski definition) is 3. The Morgan fingerprint density at radius 3 is 2.32 bits per heavy atom. The minimum Gasteiger partial charge on any atom is -0.294 e. The van der Waals surface area contributed by atoms with Crippen LogP contribution in [0.25, 0.3) is 11.6 Å². The van der Waals surface area contributed by atoms with Crippen LogP contribution in [0, 0.1) is 0 Å². The zero-order valence-corrected chi connectivity index (χ0v) is 12.6. The first-order valence-electron chi connectivity index (χ1n) is 6.91. The fourth-order valence-electron chi connectivity index (χ4n) is 2.61. The van der Waals surface area contributed by atoms with E-state index in [4.69, 9.17) is 5.14 Å². The second-order valence-corrected chi connectivity index (χ2v) is 6.81. The Hall–Kier alpha value is -2.24. The van der Waals surface area contributed by atoms with Gasteiger partial charge in [0.25, 0.3) is 0 Å². The number of hydrogen-bond donors (Lipinski definition) is 1. The highest BCUT2D eigenvalue weighted by atomic mass is 32.2. The summed E-state index contributed by atoms with van der Waals surface area (Å²) in [6.07, 6.45) is 3.06. The fraction of sp³-hybridized carbons (Fsp3) is 0.118. The van der Waals surface area contributed by atoms with E-state index in [2.05, 4.69) is 0 Å². The van der Waals surface area contributed by atoms with Gasteiger partial charge in [-0.15, -0.1) is 0 Å². The number of rotatable bonds is 2. The lowest BCUT2D eigenvalue weighted by molar-refractivity contribution is -0.113. The normalized spacial score (nSPS) is 16.6. The van der Waals surface area contributed by atoms with Crippen LogP contribution in [0.2, 0.25) is 0 Å². The van der Waals surface area contributed by atoms with Gasteiger partial charge in [0.1, 0.15) is 0 Å². The second kappa shape index (κ2) is 5.51. The van der Waals surface area contributed by atoms with Crippen molar-refractivity contribution in [2.45, 2.75) is 17.7 Å². The van der Waals surface area contributed by atoms with Crippen LogP contribution in [-0.2, 0) is 21.2 Å². The summed E-state index contributed by atoms with van der Waals surface area (Å²) < 4.78 is 22.5. The lowest BCUT2D eigenvalue weighted by Gasteiger charge is -2.17. The van der Waals surface area contributed by atoms with Gasteiger partial charge in [-0.05, 0) is 41.3 Å². The minimum atomic E-state index is -3.70. The number of carbonyl (C=O) groups excluding carboxylic acids is 1. The van der Waals surface area contributed by atoms with E-state index in [9.17, 15) is 13.2 Å². The van der Waals surface area contributed by atoms with Gasteiger partial charge in [-0.1, -0.05) is 36.4 Å². The highest BCUT2D eigenvalue weighted by Crippen LogP contribution is 2.29. The predicted octanol–water partition coefficient (Wildman–Crippen LogP) is 2.39. The number of nitrogens with two attached hydrogens (primary N) is 1. The van der Waals surface area contributed by atoms with E-state index >= 15 is 0 Å². The first-order valence-corrected chi connectivity index (χ1v) is 8.46. The van der Waals surface area contributed by atoms with Gasteiger partial charge in [-0.3, -0.25) is 4.79 Å². The molecule has 112 valence electrons. The molecule has 1 aliphatic carbocycles. The Kier molecular flexibility index (Phi) is 3.68. The Morgan fingerprint density at radius 2 is 1.64 bits per heavy atom. The van der Waals surface area contributed by atoms with Gasteiger partial charge in [-0.2, -0.15) is 0 Å². The first kappa shape index (κ1) is 14.7. The third-order valence-electron chi connectivity index (χ3n) is 3.75. The average Bonchev–Trinajstić information content (AvgIpc) is 2.50. The number of sulfonamides is 1. The summed E-state index contributed by atoms with van der Waals surface area (Å²) in [5.74, 6) is 0.106. The molecule has 2 N–H and O–H groups in total. The van der Waals surface area contributed by atoms with Gasteiger partial charge < -0.3 is 0 Å². The van der Waals surface area contributed by atoms with E-state index in [-0.39, 0.29) is 10.7 Å². The molecule has 0 spiro atoms. The summed E-state index contributed by atoms with van der Waals surface area (Å²) in [4.78, 5) is 12.3. The van der Waals surface area contributed by atoms with Crippen molar-refractivity contribution in [1.82, 2.24) is 0 Å². The molecule has 0 aromatic heterocycles. The summed E-state index contributed by atoms with van der Waals surface area (Å²) in [5.41, 5.74) is 3.56. The molecule has 0 saturated carbocycles. The van der Waals surface area contributed by atoms with E-state index < -0.39 is 10.0 Å². The summed E-state index contributed by atoms with van der Waals surface area (Å²) in [6.45, 7) is 0. The number of primary sulfonamides is 1. The number of fused-ring (bicyclic) bond motifs is 1. The summed E-state index contributed by atoms with van der Waals surface area (Å²) in [7, 11) is -3.70. The molecule has 0 radical (unpaired) electrons. The quantitative estimate of drug-likeness (QED) is 0.865. The van der Waals surface area contributed by atoms with E-state index in [0.29, 0.717) is 12.0 Å². The van der Waals surface area contributed by atoms with Crippen LogP contribution in [0.1, 0.15) is 23.1 Å². The van der Waals surface area contributed by atoms with Crippen molar-refractivity contribution in [3.05, 3.63) is 65.2 Å². The summed E-state index contributed by atoms with van der Waals surface area (Å²) >= 11 is 0. The monoisotopic (exact) mass is 313 g/mol. The van der Waals surface area contributed by atoms with E-state index in [1.54, 1.807) is 18.2 Å². The topological polar surface area (TPSA) is 77.2 Å². The van der Waals surface area contributed by atoms with Crippen LogP contribution in [0.5, 0.6) is 0 Å². The molecule has 0 heterocycles. The molecule has 2 aromatic rings. The number of benzene rings is 2. The number of Topliss-reactive ketones (excluding diaryl/α,β-unsaturated/α-hetero) is 1. The standard InChI is InChI=1S/C17H15NO3S/c18-22(20,21)14-8-5-12(6-9-14)11-16-15-4-2-1-3-13(15)7-10-17(16)19/h1-6,8-9,11H,7,10H2,(H2,18,20,21). The van der Waals surface area contributed by atoms with Gasteiger partial charge in [0, 0.05) is 12.0 Å². The number of ketones is 1. The molecule has 0 saturated heterocycles. The second-order valence-electron chi connectivity index (χ2n) is 5.25. The maximum atomic E-state index is 12.2. The fourth-order valence-corrected chi connectivity index (χ4v) is 3.13. The van der Waals surface area contributed by atoms with Crippen molar-refractivity contribution in [3.63, 3.8) is 0 Å². The van der Waals surface area contributed by atoms with Crippen LogP contribution in [0.4, 0.5) is 0 Å². The number of carbonyl (C=O) groups is 1. The highest BCUT2D eigenvalue weighted by Gasteiger charge is 2.20. The van der Waals surface area contributed by atoms with Crippen LogP contribution < -0.4 is 5.14 Å². The maximum Gasteiger partial charge on any atom is 0.238 e. The van der Waals surface area contributed by atoms with Crippen molar-refractivity contribution in [2.24, 2.45) is 5.14 Å². The molecule has 5 heteroatoms. The average molecular weight is 313 g/mol. The van der Waals surface area contributed by atoms with Crippen molar-refractivity contribution in [1.29, 1.82) is 0 Å². The predicted molar refractivity (Wildman–Crippen MR) is 85.5 cm³/mol. The van der Waals surface area contributed by atoms with Crippen molar-refractivity contribution >= 4 is 27.5 Å². The van der Waals surface area contributed by atoms with Gasteiger partial charge >= 0.3 is 0 Å². The van der Waals surface area contributed by atoms with Crippen molar-refractivity contribution in [2.75, 3.05) is 0 Å². The third-order valence-corrected chi connectivity index (χ3v) is 4.68. The number of allylic oxidation sites excluding steroid dienone is 1. The van der Waals surface area contributed by atoms with Crippen LogP contribution >= 0.6 is 0 Å². The van der Waals surface area contributed by atoms with Crippen LogP contribution in [-0.4, -0.2) is 14.2 Å². The first-order chi connectivity index (χ1) is 10.4. The molecule has 0 aliphatic heterocycles. The maximum absolute atomic E-state index is 12.2. The molecule has 0 atom stereocenters. The SMILES string of the molecule is NS(=O)(=O)c1ccc(C=C2C(=O)CCc3ccccc32)cc1. The van der Waals surface area contributed by atoms with Crippen LogP contribution in [0.15, 0.2) is 53.4 Å². The summed E-state index contributed by atoms with van der Waals surface area (Å²) in [6, 6.07) is 14.0. The number of aryl methyl sites for hydroxylation is 1. The van der Waals surface area contributed by atoms with Gasteiger partial charge in [0.15, 0.2) is 5.78 Å².